The largest absolute Gasteiger partial charge is 0.469 e. The summed E-state index contributed by atoms with van der Waals surface area (Å²) in [6.07, 6.45) is -18.7. The molecule has 21 heteroatoms. The molecule has 3 saturated heterocycles. The smallest absolute Gasteiger partial charge is 0.315 e. The molecule has 3 aliphatic heterocycles. The number of hydrogen-bond acceptors (Lipinski definition) is 21. The Morgan fingerprint density at radius 3 is 1.87 bits per heavy atom. The molecule has 8 rings (SSSR count). The Morgan fingerprint density at radius 1 is 0.667 bits per heavy atom. The lowest BCUT2D eigenvalue weighted by Crippen LogP contribution is -2.69. The van der Waals surface area contributed by atoms with E-state index in [1.54, 1.807) is 0 Å². The van der Waals surface area contributed by atoms with Crippen LogP contribution in [0.3, 0.4) is 0 Å². The highest BCUT2D eigenvalue weighted by Gasteiger charge is 2.72. The molecule has 3 heterocycles. The van der Waals surface area contributed by atoms with E-state index < -0.39 is 175 Å². The van der Waals surface area contributed by atoms with Crippen LogP contribution >= 0.6 is 0 Å². The van der Waals surface area contributed by atoms with Crippen LogP contribution in [0.1, 0.15) is 92.4 Å². The van der Waals surface area contributed by atoms with Crippen LogP contribution in [0.25, 0.3) is 0 Å². The van der Waals surface area contributed by atoms with Crippen molar-refractivity contribution in [3.8, 4) is 0 Å². The van der Waals surface area contributed by atoms with Crippen LogP contribution < -0.4 is 0 Å². The Morgan fingerprint density at radius 2 is 1.26 bits per heavy atom. The number of ether oxygens (including phenoxy) is 7. The molecular formula is C48H76O21. The van der Waals surface area contributed by atoms with Gasteiger partial charge in [-0.3, -0.25) is 9.59 Å². The molecule has 25 atom stereocenters. The second-order valence-corrected chi connectivity index (χ2v) is 22.9. The number of allylic oxidation sites excluding steroid dienone is 2. The van der Waals surface area contributed by atoms with E-state index in [1.165, 1.54) is 7.11 Å². The van der Waals surface area contributed by atoms with Crippen molar-refractivity contribution < 1.29 is 104 Å². The van der Waals surface area contributed by atoms with Gasteiger partial charge in [-0.15, -0.1) is 0 Å². The third-order valence-electron chi connectivity index (χ3n) is 19.5. The molecule has 0 aromatic heterocycles. The van der Waals surface area contributed by atoms with Crippen molar-refractivity contribution in [2.24, 2.45) is 50.2 Å². The maximum Gasteiger partial charge on any atom is 0.315 e. The minimum absolute atomic E-state index is 0.0678. The minimum Gasteiger partial charge on any atom is -0.469 e. The first kappa shape index (κ1) is 53.3. The molecule has 0 aromatic rings. The maximum absolute atomic E-state index is 14.8. The van der Waals surface area contributed by atoms with E-state index in [0.29, 0.717) is 38.5 Å². The molecular weight excluding hydrogens is 913 g/mol. The Kier molecular flexibility index (Phi) is 14.7. The van der Waals surface area contributed by atoms with Gasteiger partial charge in [-0.25, -0.2) is 0 Å². The fraction of sp³-hybridized carbons (Fsp3) is 0.917. The average molecular weight is 989 g/mol. The first-order chi connectivity index (χ1) is 32.4. The van der Waals surface area contributed by atoms with Gasteiger partial charge in [-0.2, -0.15) is 0 Å². The van der Waals surface area contributed by atoms with Crippen LogP contribution in [0.5, 0.6) is 0 Å². The van der Waals surface area contributed by atoms with Gasteiger partial charge in [-0.05, 0) is 98.7 Å². The summed E-state index contributed by atoms with van der Waals surface area (Å²) in [5, 5.41) is 128. The van der Waals surface area contributed by atoms with Gasteiger partial charge >= 0.3 is 11.9 Å². The molecule has 21 nitrogen and oxygen atoms in total. The monoisotopic (exact) mass is 988 g/mol. The van der Waals surface area contributed by atoms with Gasteiger partial charge in [0.25, 0.3) is 0 Å². The molecule has 4 saturated carbocycles. The Hall–Kier alpha value is -2.00. The van der Waals surface area contributed by atoms with Crippen molar-refractivity contribution >= 4 is 11.9 Å². The van der Waals surface area contributed by atoms with E-state index in [4.69, 9.17) is 33.2 Å². The predicted octanol–water partition coefficient (Wildman–Crippen LogP) is -2.12. The van der Waals surface area contributed by atoms with Crippen molar-refractivity contribution in [3.05, 3.63) is 11.6 Å². The number of aliphatic hydroxyl groups excluding tert-OH is 12. The number of hydrogen-bond donors (Lipinski definition) is 12. The van der Waals surface area contributed by atoms with E-state index in [9.17, 15) is 70.9 Å². The number of methoxy groups -OCH3 is 1. The molecule has 8 aliphatic rings. The van der Waals surface area contributed by atoms with Gasteiger partial charge in [0.1, 0.15) is 67.1 Å². The Labute approximate surface area is 401 Å². The van der Waals surface area contributed by atoms with Crippen LogP contribution in [-0.4, -0.2) is 205 Å². The van der Waals surface area contributed by atoms with E-state index in [1.807, 2.05) is 13.8 Å². The highest BCUT2D eigenvalue weighted by molar-refractivity contribution is 5.81. The SMILES string of the molecule is COC(=O)[C@@]1(C)CC[C@]2(C(=O)O[C@@H]3O[C@H](CO)[C@@H](O)[C@H](O)[C@H]3O)CC[C@]3(C)C(=CC[C@@H]4[C@@]5(C)C[C@H](O)[C@H](O[C@@H]6OC[C@@H](OC7O[C@H](CO)[C@@H](O)[C@H](O)[C@H]7O)[C@H](O)[C@H]6O)[C@@](C)(CO)[C@@H]5CC[C@]43C)[C@@H]2C1. The molecule has 0 amide bonds. The molecule has 1 unspecified atom stereocenters. The number of esters is 2. The molecule has 12 N–H and O–H groups in total. The first-order valence-corrected chi connectivity index (χ1v) is 24.5. The third-order valence-corrected chi connectivity index (χ3v) is 19.5. The number of aliphatic hydroxyl groups is 12. The number of carbonyl (C=O) groups is 2. The zero-order valence-corrected chi connectivity index (χ0v) is 40.3. The predicted molar refractivity (Wildman–Crippen MR) is 233 cm³/mol. The van der Waals surface area contributed by atoms with E-state index >= 15 is 0 Å². The van der Waals surface area contributed by atoms with E-state index in [0.717, 1.165) is 5.57 Å². The summed E-state index contributed by atoms with van der Waals surface area (Å²) < 4.78 is 40.3. The highest BCUT2D eigenvalue weighted by Crippen LogP contribution is 2.76. The summed E-state index contributed by atoms with van der Waals surface area (Å²) in [5.41, 5.74) is -3.81. The maximum atomic E-state index is 14.8. The van der Waals surface area contributed by atoms with Crippen molar-refractivity contribution in [3.63, 3.8) is 0 Å². The van der Waals surface area contributed by atoms with Gasteiger partial charge in [0, 0.05) is 5.41 Å². The lowest BCUT2D eigenvalue weighted by molar-refractivity contribution is -0.357. The fourth-order valence-electron chi connectivity index (χ4n) is 15.1. The highest BCUT2D eigenvalue weighted by atomic mass is 16.7. The molecule has 69 heavy (non-hydrogen) atoms. The van der Waals surface area contributed by atoms with Crippen molar-refractivity contribution in [2.75, 3.05) is 33.5 Å². The molecule has 7 fully saturated rings. The summed E-state index contributed by atoms with van der Waals surface area (Å²) in [5.74, 6) is -1.90. The molecule has 0 radical (unpaired) electrons. The first-order valence-electron chi connectivity index (χ1n) is 24.5. The quantitative estimate of drug-likeness (QED) is 0.0632. The number of fused-ring (bicyclic) bond motifs is 7. The van der Waals surface area contributed by atoms with Gasteiger partial charge in [0.15, 0.2) is 12.6 Å². The van der Waals surface area contributed by atoms with Gasteiger partial charge in [0.05, 0.1) is 56.6 Å². The van der Waals surface area contributed by atoms with E-state index in [2.05, 4.69) is 26.8 Å². The van der Waals surface area contributed by atoms with Crippen LogP contribution in [-0.2, 0) is 42.7 Å². The zero-order valence-electron chi connectivity index (χ0n) is 40.3. The summed E-state index contributed by atoms with van der Waals surface area (Å²) in [4.78, 5) is 28.3. The van der Waals surface area contributed by atoms with Gasteiger partial charge in [-0.1, -0.05) is 39.3 Å². The Balaban J connectivity index is 1.04. The van der Waals surface area contributed by atoms with E-state index in [-0.39, 0.29) is 31.1 Å². The van der Waals surface area contributed by atoms with Crippen LogP contribution in [0.15, 0.2) is 11.6 Å². The molecule has 0 bridgehead atoms. The number of carbonyl (C=O) groups excluding carboxylic acids is 2. The topological polar surface area (TPSA) is 342 Å². The lowest BCUT2D eigenvalue weighted by atomic mass is 9.33. The summed E-state index contributed by atoms with van der Waals surface area (Å²) >= 11 is 0. The van der Waals surface area contributed by atoms with Crippen LogP contribution in [0, 0.1) is 50.2 Å². The van der Waals surface area contributed by atoms with Crippen molar-refractivity contribution in [1.82, 2.24) is 0 Å². The van der Waals surface area contributed by atoms with Crippen LogP contribution in [0.4, 0.5) is 0 Å². The average Bonchev–Trinajstić information content (AvgIpc) is 3.32. The standard InChI is InChI=1S/C48H76O21/c1-43(41(61)63-6)11-13-48(42(62)69-40-36(60)33(57)30(54)25(18-50)66-40)14-12-46(4)21(22(48)15-43)7-8-28-44(2)16-23(52)37(45(3,20-51)27(44)9-10-47(28,46)5)68-38-34(58)31(55)26(19-64-38)67-39-35(59)32(56)29(53)24(17-49)65-39/h7,22-40,49-60H,8-20H2,1-6H3/t22-,23-,24+,25+,26+,27+,28+,29+,30+,31-,32-,33-,34+,35+,36+,37-,38-,39?,40-,43-,44-,45-,46+,47+,48-/m0/s1. The molecule has 5 aliphatic carbocycles. The number of rotatable bonds is 10. The fourth-order valence-corrected chi connectivity index (χ4v) is 15.1. The zero-order chi connectivity index (χ0) is 50.6. The summed E-state index contributed by atoms with van der Waals surface area (Å²) in [7, 11) is 1.34. The molecule has 0 spiro atoms. The lowest BCUT2D eigenvalue weighted by Gasteiger charge is -2.71. The minimum atomic E-state index is -1.80. The summed E-state index contributed by atoms with van der Waals surface area (Å²) in [6.45, 7) is 8.10. The molecule has 394 valence electrons. The molecule has 0 aromatic carbocycles. The van der Waals surface area contributed by atoms with Gasteiger partial charge in [0.2, 0.25) is 6.29 Å². The Bertz CT molecular complexity index is 1920. The van der Waals surface area contributed by atoms with Gasteiger partial charge < -0.3 is 94.4 Å². The van der Waals surface area contributed by atoms with Crippen LogP contribution in [0.2, 0.25) is 0 Å². The van der Waals surface area contributed by atoms with Crippen molar-refractivity contribution in [1.29, 1.82) is 0 Å². The van der Waals surface area contributed by atoms with Crippen molar-refractivity contribution in [2.45, 2.75) is 191 Å². The second-order valence-electron chi connectivity index (χ2n) is 22.9. The second kappa shape index (κ2) is 19.0. The summed E-state index contributed by atoms with van der Waals surface area (Å²) in [6, 6.07) is 0. The normalized spacial score (nSPS) is 54.2. The third kappa shape index (κ3) is 8.16.